The van der Waals surface area contributed by atoms with Crippen LogP contribution in [-0.2, 0) is 24.3 Å². The molecule has 0 aliphatic heterocycles. The molecule has 0 radical (unpaired) electrons. The number of benzene rings is 1. The predicted molar refractivity (Wildman–Crippen MR) is 109 cm³/mol. The van der Waals surface area contributed by atoms with Crippen LogP contribution in [0.3, 0.4) is 0 Å². The SMILES string of the molecule is CC[C@@H](C(=O)Nc1nnc(SCC(=O)OC)s1)N(c1ccc(F)cc1)S(C)(=O)=O. The van der Waals surface area contributed by atoms with Crippen molar-refractivity contribution in [3.05, 3.63) is 30.1 Å². The van der Waals surface area contributed by atoms with Gasteiger partial charge in [-0.1, -0.05) is 30.0 Å². The van der Waals surface area contributed by atoms with Crippen LogP contribution < -0.4 is 9.62 Å². The summed E-state index contributed by atoms with van der Waals surface area (Å²) in [4.78, 5) is 23.9. The average Bonchev–Trinajstić information content (AvgIpc) is 3.11. The van der Waals surface area contributed by atoms with Crippen molar-refractivity contribution in [2.45, 2.75) is 23.7 Å². The van der Waals surface area contributed by atoms with E-state index in [9.17, 15) is 22.4 Å². The van der Waals surface area contributed by atoms with E-state index in [1.54, 1.807) is 6.92 Å². The fourth-order valence-corrected chi connectivity index (χ4v) is 5.13. The zero-order valence-electron chi connectivity index (χ0n) is 15.8. The van der Waals surface area contributed by atoms with Gasteiger partial charge < -0.3 is 4.74 Å². The topological polar surface area (TPSA) is 119 Å². The van der Waals surface area contributed by atoms with Crippen molar-refractivity contribution < 1.29 is 27.1 Å². The van der Waals surface area contributed by atoms with Gasteiger partial charge in [-0.3, -0.25) is 19.2 Å². The fourth-order valence-electron chi connectivity index (χ4n) is 2.34. The van der Waals surface area contributed by atoms with E-state index in [4.69, 9.17) is 0 Å². The molecule has 158 valence electrons. The molecule has 1 heterocycles. The number of halogens is 1. The predicted octanol–water partition coefficient (Wildman–Crippen LogP) is 2.13. The van der Waals surface area contributed by atoms with Crippen LogP contribution in [0.1, 0.15) is 13.3 Å². The first-order chi connectivity index (χ1) is 13.7. The molecule has 0 saturated carbocycles. The van der Waals surface area contributed by atoms with Gasteiger partial charge in [-0.25, -0.2) is 12.8 Å². The second-order valence-electron chi connectivity index (χ2n) is 5.69. The van der Waals surface area contributed by atoms with Gasteiger partial charge in [-0.05, 0) is 30.7 Å². The van der Waals surface area contributed by atoms with Crippen molar-refractivity contribution in [3.8, 4) is 0 Å². The molecule has 2 rings (SSSR count). The zero-order chi connectivity index (χ0) is 21.6. The van der Waals surface area contributed by atoms with Gasteiger partial charge in [0, 0.05) is 0 Å². The first kappa shape index (κ1) is 23.0. The Hall–Kier alpha value is -2.25. The summed E-state index contributed by atoms with van der Waals surface area (Å²) in [6.45, 7) is 1.66. The third-order valence-electron chi connectivity index (χ3n) is 3.59. The van der Waals surface area contributed by atoms with Gasteiger partial charge in [0.25, 0.3) is 0 Å². The lowest BCUT2D eigenvalue weighted by Gasteiger charge is -2.29. The first-order valence-electron chi connectivity index (χ1n) is 8.24. The Morgan fingerprint density at radius 3 is 2.52 bits per heavy atom. The number of carbonyl (C=O) groups is 2. The fraction of sp³-hybridized carbons (Fsp3) is 0.375. The Kier molecular flexibility index (Phi) is 7.93. The zero-order valence-corrected chi connectivity index (χ0v) is 18.2. The standard InChI is InChI=1S/C16H19FN4O5S3/c1-4-12(21(29(3,24)25)11-7-5-10(17)6-8-11)14(23)18-15-19-20-16(28-15)27-9-13(22)26-2/h5-8,12H,4,9H2,1-3H3,(H,18,19,23)/t12-/m0/s1. The Bertz CT molecular complexity index is 965. The lowest BCUT2D eigenvalue weighted by atomic mass is 10.2. The minimum Gasteiger partial charge on any atom is -0.468 e. The number of nitrogens with one attached hydrogen (secondary N) is 1. The Morgan fingerprint density at radius 1 is 1.31 bits per heavy atom. The second kappa shape index (κ2) is 9.98. The minimum atomic E-state index is -3.83. The molecule has 1 aromatic heterocycles. The summed E-state index contributed by atoms with van der Waals surface area (Å²) in [5, 5.41) is 10.4. The van der Waals surface area contributed by atoms with Crippen LogP contribution in [0.15, 0.2) is 28.6 Å². The van der Waals surface area contributed by atoms with E-state index < -0.39 is 33.8 Å². The third-order valence-corrected chi connectivity index (χ3v) is 6.71. The maximum absolute atomic E-state index is 13.2. The highest BCUT2D eigenvalue weighted by Gasteiger charge is 2.32. The molecule has 1 amide bonds. The number of thioether (sulfide) groups is 1. The molecular weight excluding hydrogens is 443 g/mol. The Balaban J connectivity index is 2.18. The maximum Gasteiger partial charge on any atom is 0.316 e. The minimum absolute atomic E-state index is 0.0447. The number of nitrogens with zero attached hydrogens (tertiary/aromatic N) is 3. The molecule has 0 saturated heterocycles. The van der Waals surface area contributed by atoms with Crippen molar-refractivity contribution >= 4 is 55.8 Å². The number of methoxy groups -OCH3 is 1. The summed E-state index contributed by atoms with van der Waals surface area (Å²) in [5.74, 6) is -1.51. The number of aromatic nitrogens is 2. The molecule has 1 N–H and O–H groups in total. The monoisotopic (exact) mass is 462 g/mol. The maximum atomic E-state index is 13.2. The number of amides is 1. The Morgan fingerprint density at radius 2 is 1.97 bits per heavy atom. The normalized spacial score (nSPS) is 12.3. The molecule has 0 bridgehead atoms. The van der Waals surface area contributed by atoms with E-state index in [0.717, 1.165) is 45.8 Å². The molecule has 2 aromatic rings. The molecule has 0 spiro atoms. The van der Waals surface area contributed by atoms with E-state index >= 15 is 0 Å². The van der Waals surface area contributed by atoms with Crippen LogP contribution in [0, 0.1) is 5.82 Å². The van der Waals surface area contributed by atoms with Crippen molar-refractivity contribution in [2.75, 3.05) is 28.7 Å². The lowest BCUT2D eigenvalue weighted by Crippen LogP contribution is -2.47. The highest BCUT2D eigenvalue weighted by Crippen LogP contribution is 2.27. The molecule has 13 heteroatoms. The molecule has 0 aliphatic rings. The summed E-state index contributed by atoms with van der Waals surface area (Å²) in [6, 6.07) is 3.74. The average molecular weight is 463 g/mol. The molecule has 29 heavy (non-hydrogen) atoms. The summed E-state index contributed by atoms with van der Waals surface area (Å²) >= 11 is 2.14. The number of anilines is 2. The van der Waals surface area contributed by atoms with Crippen LogP contribution >= 0.6 is 23.1 Å². The van der Waals surface area contributed by atoms with Crippen LogP contribution in [0.2, 0.25) is 0 Å². The number of sulfonamides is 1. The van der Waals surface area contributed by atoms with Gasteiger partial charge in [0.05, 0.1) is 24.8 Å². The molecule has 0 aliphatic carbocycles. The van der Waals surface area contributed by atoms with Gasteiger partial charge in [-0.2, -0.15) is 0 Å². The number of rotatable bonds is 9. The van der Waals surface area contributed by atoms with E-state index in [2.05, 4.69) is 20.3 Å². The van der Waals surface area contributed by atoms with E-state index in [1.165, 1.54) is 19.2 Å². The summed E-state index contributed by atoms with van der Waals surface area (Å²) in [5.41, 5.74) is 0.169. The highest BCUT2D eigenvalue weighted by atomic mass is 32.2. The smallest absolute Gasteiger partial charge is 0.316 e. The highest BCUT2D eigenvalue weighted by molar-refractivity contribution is 8.01. The Labute approximate surface area is 175 Å². The molecule has 0 fully saturated rings. The molecular formula is C16H19FN4O5S3. The van der Waals surface area contributed by atoms with Crippen molar-refractivity contribution in [2.24, 2.45) is 0 Å². The molecule has 0 unspecified atom stereocenters. The first-order valence-corrected chi connectivity index (χ1v) is 11.9. The van der Waals surface area contributed by atoms with Crippen molar-refractivity contribution in [3.63, 3.8) is 0 Å². The van der Waals surface area contributed by atoms with Crippen LogP contribution in [-0.4, -0.2) is 55.7 Å². The summed E-state index contributed by atoms with van der Waals surface area (Å²) in [7, 11) is -2.56. The second-order valence-corrected chi connectivity index (χ2v) is 9.75. The van der Waals surface area contributed by atoms with Gasteiger partial charge >= 0.3 is 5.97 Å². The summed E-state index contributed by atoms with van der Waals surface area (Å²) in [6.07, 6.45) is 1.14. The van der Waals surface area contributed by atoms with E-state index in [1.807, 2.05) is 0 Å². The van der Waals surface area contributed by atoms with Crippen LogP contribution in [0.4, 0.5) is 15.2 Å². The molecule has 1 aromatic carbocycles. The number of hydrogen-bond donors (Lipinski definition) is 1. The van der Waals surface area contributed by atoms with Crippen LogP contribution in [0.5, 0.6) is 0 Å². The van der Waals surface area contributed by atoms with Gasteiger partial charge in [0.2, 0.25) is 21.1 Å². The molecule has 9 nitrogen and oxygen atoms in total. The van der Waals surface area contributed by atoms with E-state index in [0.29, 0.717) is 4.34 Å². The largest absolute Gasteiger partial charge is 0.468 e. The molecule has 1 atom stereocenters. The number of carbonyl (C=O) groups excluding carboxylic acids is 2. The van der Waals surface area contributed by atoms with Gasteiger partial charge in [0.15, 0.2) is 4.34 Å². The number of esters is 1. The van der Waals surface area contributed by atoms with E-state index in [-0.39, 0.29) is 23.0 Å². The van der Waals surface area contributed by atoms with Crippen molar-refractivity contribution in [1.82, 2.24) is 10.2 Å². The van der Waals surface area contributed by atoms with Gasteiger partial charge in [-0.15, -0.1) is 10.2 Å². The van der Waals surface area contributed by atoms with Crippen molar-refractivity contribution in [1.29, 1.82) is 0 Å². The lowest BCUT2D eigenvalue weighted by molar-refractivity contribution is -0.137. The third kappa shape index (κ3) is 6.37. The summed E-state index contributed by atoms with van der Waals surface area (Å²) < 4.78 is 43.8. The quantitative estimate of drug-likeness (QED) is 0.342. The van der Waals surface area contributed by atoms with Gasteiger partial charge in [0.1, 0.15) is 11.9 Å². The van der Waals surface area contributed by atoms with Crippen LogP contribution in [0.25, 0.3) is 0 Å². The number of ether oxygens (including phenoxy) is 1. The number of hydrogen-bond acceptors (Lipinski definition) is 9.